The average molecular weight is 422 g/mol. The Morgan fingerprint density at radius 1 is 0.552 bits per heavy atom. The molecule has 0 bridgehead atoms. The first kappa shape index (κ1) is 21.9. The Hall–Kier alpha value is -1.84. The second kappa shape index (κ2) is 8.49. The number of hydrogen-bond donors (Lipinski definition) is 1. The minimum absolute atomic E-state index is 0.142. The minimum Gasteiger partial charge on any atom is -0.311 e. The van der Waals surface area contributed by atoms with Gasteiger partial charge in [0.25, 0.3) is 0 Å². The molecule has 3 aromatic carbocycles. The van der Waals surface area contributed by atoms with Crippen LogP contribution in [0.15, 0.2) is 77.7 Å². The SMILES string of the molecule is CC(C)(C)c1ccc(N(c2ccc(SS)cc2)c2ccc(C(C)(C)C)cc2)cc1. The molecule has 1 nitrogen and oxygen atoms in total. The van der Waals surface area contributed by atoms with Crippen LogP contribution in [0.2, 0.25) is 0 Å². The van der Waals surface area contributed by atoms with Crippen molar-refractivity contribution in [2.75, 3.05) is 4.90 Å². The molecule has 0 radical (unpaired) electrons. The molecule has 3 rings (SSSR count). The zero-order chi connectivity index (χ0) is 21.2. The molecule has 3 aromatic rings. The highest BCUT2D eigenvalue weighted by molar-refractivity contribution is 8.68. The quantitative estimate of drug-likeness (QED) is 0.331. The molecule has 0 aliphatic carbocycles. The molecule has 0 N–H and O–H groups in total. The summed E-state index contributed by atoms with van der Waals surface area (Å²) in [4.78, 5) is 3.45. The highest BCUT2D eigenvalue weighted by atomic mass is 33.1. The molecule has 0 heterocycles. The molecule has 0 aromatic heterocycles. The summed E-state index contributed by atoms with van der Waals surface area (Å²) in [5.74, 6) is 0. The fourth-order valence-corrected chi connectivity index (χ4v) is 3.95. The normalized spacial score (nSPS) is 12.1. The van der Waals surface area contributed by atoms with E-state index < -0.39 is 0 Å². The number of benzene rings is 3. The van der Waals surface area contributed by atoms with E-state index >= 15 is 0 Å². The van der Waals surface area contributed by atoms with Crippen LogP contribution in [0.25, 0.3) is 0 Å². The van der Waals surface area contributed by atoms with Crippen molar-refractivity contribution in [1.82, 2.24) is 0 Å². The Kier molecular flexibility index (Phi) is 6.40. The summed E-state index contributed by atoms with van der Waals surface area (Å²) in [7, 11) is 1.47. The van der Waals surface area contributed by atoms with Gasteiger partial charge in [-0.3, -0.25) is 0 Å². The van der Waals surface area contributed by atoms with Crippen molar-refractivity contribution >= 4 is 39.5 Å². The van der Waals surface area contributed by atoms with E-state index in [0.29, 0.717) is 0 Å². The smallest absolute Gasteiger partial charge is 0.0462 e. The standard InChI is InChI=1S/C26H31NS2/c1-25(2,3)19-7-11-21(12-8-19)27(23-15-17-24(29-28)18-16-23)22-13-9-20(10-14-22)26(4,5)6/h7-18,28H,1-6H3. The largest absolute Gasteiger partial charge is 0.311 e. The summed E-state index contributed by atoms with van der Waals surface area (Å²) >= 11 is 4.32. The van der Waals surface area contributed by atoms with Crippen LogP contribution in [0.4, 0.5) is 17.1 Å². The van der Waals surface area contributed by atoms with Crippen LogP contribution in [0.1, 0.15) is 52.7 Å². The van der Waals surface area contributed by atoms with E-state index in [-0.39, 0.29) is 10.8 Å². The zero-order valence-corrected chi connectivity index (χ0v) is 19.9. The Morgan fingerprint density at radius 3 is 1.14 bits per heavy atom. The van der Waals surface area contributed by atoms with E-state index in [0.717, 1.165) is 22.0 Å². The minimum atomic E-state index is 0.142. The van der Waals surface area contributed by atoms with Gasteiger partial charge >= 0.3 is 0 Å². The van der Waals surface area contributed by atoms with Crippen LogP contribution in [0.3, 0.4) is 0 Å². The maximum Gasteiger partial charge on any atom is 0.0462 e. The lowest BCUT2D eigenvalue weighted by molar-refractivity contribution is 0.590. The summed E-state index contributed by atoms with van der Waals surface area (Å²) in [6, 6.07) is 26.4. The van der Waals surface area contributed by atoms with E-state index in [9.17, 15) is 0 Å². The highest BCUT2D eigenvalue weighted by Crippen LogP contribution is 2.37. The molecule has 3 heteroatoms. The fraction of sp³-hybridized carbons (Fsp3) is 0.308. The second-order valence-electron chi connectivity index (χ2n) is 9.51. The van der Waals surface area contributed by atoms with Crippen LogP contribution in [-0.4, -0.2) is 0 Å². The molecule has 0 fully saturated rings. The second-order valence-corrected chi connectivity index (χ2v) is 10.7. The zero-order valence-electron chi connectivity index (χ0n) is 18.2. The Bertz CT molecular complexity index is 871. The van der Waals surface area contributed by atoms with E-state index in [1.807, 2.05) is 0 Å². The first-order chi connectivity index (χ1) is 13.6. The maximum absolute atomic E-state index is 4.32. The summed E-state index contributed by atoms with van der Waals surface area (Å²) < 4.78 is 0. The highest BCUT2D eigenvalue weighted by Gasteiger charge is 2.18. The molecular formula is C26H31NS2. The molecule has 0 saturated carbocycles. The molecule has 0 aliphatic rings. The Labute approximate surface area is 185 Å². The van der Waals surface area contributed by atoms with E-state index in [2.05, 4.69) is 131 Å². The van der Waals surface area contributed by atoms with Crippen LogP contribution in [0.5, 0.6) is 0 Å². The van der Waals surface area contributed by atoms with E-state index in [1.165, 1.54) is 21.9 Å². The van der Waals surface area contributed by atoms with Crippen molar-refractivity contribution in [3.8, 4) is 0 Å². The van der Waals surface area contributed by atoms with Gasteiger partial charge in [0.1, 0.15) is 0 Å². The molecule has 152 valence electrons. The summed E-state index contributed by atoms with van der Waals surface area (Å²) in [5.41, 5.74) is 6.42. The number of anilines is 3. The van der Waals surface area contributed by atoms with Crippen molar-refractivity contribution in [3.63, 3.8) is 0 Å². The van der Waals surface area contributed by atoms with Crippen molar-refractivity contribution in [1.29, 1.82) is 0 Å². The van der Waals surface area contributed by atoms with Gasteiger partial charge in [0, 0.05) is 22.0 Å². The molecule has 0 atom stereocenters. The van der Waals surface area contributed by atoms with Crippen LogP contribution in [0, 0.1) is 0 Å². The lowest BCUT2D eigenvalue weighted by Gasteiger charge is -2.28. The lowest BCUT2D eigenvalue weighted by atomic mass is 9.86. The van der Waals surface area contributed by atoms with Crippen LogP contribution < -0.4 is 4.90 Å². The molecule has 0 amide bonds. The van der Waals surface area contributed by atoms with Gasteiger partial charge in [0.05, 0.1) is 0 Å². The molecule has 0 spiro atoms. The van der Waals surface area contributed by atoms with Crippen molar-refractivity contribution < 1.29 is 0 Å². The number of hydrogen-bond acceptors (Lipinski definition) is 3. The fourth-order valence-electron chi connectivity index (χ4n) is 3.32. The Morgan fingerprint density at radius 2 is 0.862 bits per heavy atom. The van der Waals surface area contributed by atoms with Gasteiger partial charge in [0.15, 0.2) is 0 Å². The van der Waals surface area contributed by atoms with E-state index in [1.54, 1.807) is 0 Å². The predicted octanol–water partition coefficient (Wildman–Crippen LogP) is 8.69. The number of rotatable bonds is 4. The predicted molar refractivity (Wildman–Crippen MR) is 133 cm³/mol. The van der Waals surface area contributed by atoms with Crippen LogP contribution >= 0.6 is 22.5 Å². The average Bonchev–Trinajstić information content (AvgIpc) is 2.68. The number of nitrogens with zero attached hydrogens (tertiary/aromatic N) is 1. The maximum atomic E-state index is 4.32. The van der Waals surface area contributed by atoms with Crippen molar-refractivity contribution in [2.24, 2.45) is 0 Å². The summed E-state index contributed by atoms with van der Waals surface area (Å²) in [5, 5.41) is 0. The third-order valence-electron chi connectivity index (χ3n) is 5.18. The van der Waals surface area contributed by atoms with Gasteiger partial charge in [0.2, 0.25) is 0 Å². The lowest BCUT2D eigenvalue weighted by Crippen LogP contribution is -2.14. The third kappa shape index (κ3) is 5.21. The molecule has 0 aliphatic heterocycles. The molecule has 0 unspecified atom stereocenters. The molecule has 29 heavy (non-hydrogen) atoms. The monoisotopic (exact) mass is 421 g/mol. The first-order valence-electron chi connectivity index (χ1n) is 10.0. The third-order valence-corrected chi connectivity index (χ3v) is 6.30. The Balaban J connectivity index is 2.06. The molecular weight excluding hydrogens is 390 g/mol. The van der Waals surface area contributed by atoms with Gasteiger partial charge in [-0.05, 0) is 70.5 Å². The van der Waals surface area contributed by atoms with Gasteiger partial charge in [-0.25, -0.2) is 0 Å². The van der Waals surface area contributed by atoms with Crippen LogP contribution in [-0.2, 0) is 10.8 Å². The summed E-state index contributed by atoms with van der Waals surface area (Å²) in [6.07, 6.45) is 0. The van der Waals surface area contributed by atoms with Gasteiger partial charge in [-0.1, -0.05) is 76.6 Å². The van der Waals surface area contributed by atoms with Gasteiger partial charge < -0.3 is 4.90 Å². The van der Waals surface area contributed by atoms with Crippen molar-refractivity contribution in [2.45, 2.75) is 57.3 Å². The summed E-state index contributed by atoms with van der Waals surface area (Å²) in [6.45, 7) is 13.5. The topological polar surface area (TPSA) is 3.24 Å². The van der Waals surface area contributed by atoms with Crippen molar-refractivity contribution in [3.05, 3.63) is 83.9 Å². The van der Waals surface area contributed by atoms with Gasteiger partial charge in [-0.2, -0.15) is 0 Å². The van der Waals surface area contributed by atoms with Gasteiger partial charge in [-0.15, -0.1) is 11.7 Å². The molecule has 0 saturated heterocycles. The number of thiol groups is 1. The first-order valence-corrected chi connectivity index (χ1v) is 11.9. The van der Waals surface area contributed by atoms with E-state index in [4.69, 9.17) is 0 Å².